The number of hydrogen-bond donors (Lipinski definition) is 0. The number of Topliss-reactive ketones (excluding diaryl/α,β-unsaturated/α-hetero) is 1. The van der Waals surface area contributed by atoms with Crippen molar-refractivity contribution in [2.75, 3.05) is 7.11 Å². The van der Waals surface area contributed by atoms with Crippen molar-refractivity contribution in [2.24, 2.45) is 0 Å². The minimum atomic E-state index is -0.301. The average Bonchev–Trinajstić information content (AvgIpc) is 2.37. The molecule has 0 amide bonds. The van der Waals surface area contributed by atoms with Crippen molar-refractivity contribution in [3.63, 3.8) is 0 Å². The molecule has 0 N–H and O–H groups in total. The fraction of sp³-hybridized carbons (Fsp3) is 0.429. The number of aryl methyl sites for hydroxylation is 1. The molecule has 98 valence electrons. The Morgan fingerprint density at radius 1 is 1.22 bits per heavy atom. The Morgan fingerprint density at radius 3 is 2.50 bits per heavy atom. The Hall–Kier alpha value is -1.84. The summed E-state index contributed by atoms with van der Waals surface area (Å²) in [7, 11) is 1.52. The molecule has 1 rings (SSSR count). The lowest BCUT2D eigenvalue weighted by Crippen LogP contribution is -2.07. The molecule has 0 bridgehead atoms. The average molecular weight is 250 g/mol. The van der Waals surface area contributed by atoms with Gasteiger partial charge in [-0.1, -0.05) is 13.0 Å². The predicted octanol–water partition coefficient (Wildman–Crippen LogP) is 2.53. The molecule has 4 heteroatoms. The number of ether oxygens (including phenoxy) is 2. The molecule has 0 aliphatic heterocycles. The highest BCUT2D eigenvalue weighted by Crippen LogP contribution is 2.28. The molecule has 0 saturated heterocycles. The number of hydrogen-bond acceptors (Lipinski definition) is 4. The molecule has 1 aromatic rings. The van der Waals surface area contributed by atoms with Gasteiger partial charge in [-0.3, -0.25) is 4.79 Å². The van der Waals surface area contributed by atoms with Crippen LogP contribution in [0.5, 0.6) is 11.5 Å². The number of methoxy groups -OCH3 is 1. The second kappa shape index (κ2) is 6.79. The van der Waals surface area contributed by atoms with Gasteiger partial charge in [0.05, 0.1) is 7.11 Å². The van der Waals surface area contributed by atoms with E-state index >= 15 is 0 Å². The van der Waals surface area contributed by atoms with Gasteiger partial charge in [-0.05, 0) is 31.0 Å². The number of carbonyl (C=O) groups excluding carboxylic acids is 2. The summed E-state index contributed by atoms with van der Waals surface area (Å²) >= 11 is 0. The minimum absolute atomic E-state index is 0.149. The number of carbonyl (C=O) groups is 2. The van der Waals surface area contributed by atoms with Crippen LogP contribution in [-0.4, -0.2) is 18.9 Å². The Bertz CT molecular complexity index is 437. The van der Waals surface area contributed by atoms with Gasteiger partial charge in [-0.2, -0.15) is 0 Å². The molecule has 0 aromatic heterocycles. The van der Waals surface area contributed by atoms with Crippen molar-refractivity contribution >= 4 is 11.8 Å². The SMILES string of the molecule is CCC(=O)Oc1ccc(CCC(C)=O)cc1OC. The van der Waals surface area contributed by atoms with Gasteiger partial charge in [-0.25, -0.2) is 0 Å². The van der Waals surface area contributed by atoms with E-state index < -0.39 is 0 Å². The van der Waals surface area contributed by atoms with E-state index in [-0.39, 0.29) is 11.8 Å². The number of esters is 1. The molecule has 0 radical (unpaired) electrons. The van der Waals surface area contributed by atoms with E-state index in [1.54, 1.807) is 26.0 Å². The summed E-state index contributed by atoms with van der Waals surface area (Å²) in [6, 6.07) is 5.33. The minimum Gasteiger partial charge on any atom is -0.493 e. The van der Waals surface area contributed by atoms with E-state index in [4.69, 9.17) is 9.47 Å². The first-order valence-electron chi connectivity index (χ1n) is 5.93. The molecule has 0 saturated carbocycles. The number of rotatable bonds is 6. The van der Waals surface area contributed by atoms with Crippen molar-refractivity contribution in [2.45, 2.75) is 33.1 Å². The third-order valence-electron chi connectivity index (χ3n) is 2.51. The normalized spacial score (nSPS) is 9.94. The van der Waals surface area contributed by atoms with Crippen LogP contribution in [0.4, 0.5) is 0 Å². The molecular formula is C14H18O4. The van der Waals surface area contributed by atoms with Gasteiger partial charge < -0.3 is 14.3 Å². The van der Waals surface area contributed by atoms with Crippen molar-refractivity contribution in [3.05, 3.63) is 23.8 Å². The third kappa shape index (κ3) is 4.20. The van der Waals surface area contributed by atoms with Crippen LogP contribution in [0.15, 0.2) is 18.2 Å². The first-order chi connectivity index (χ1) is 8.56. The Morgan fingerprint density at radius 2 is 1.94 bits per heavy atom. The van der Waals surface area contributed by atoms with Crippen LogP contribution in [0.1, 0.15) is 32.3 Å². The smallest absolute Gasteiger partial charge is 0.311 e. The van der Waals surface area contributed by atoms with Crippen LogP contribution in [0.25, 0.3) is 0 Å². The molecule has 4 nitrogen and oxygen atoms in total. The lowest BCUT2D eigenvalue weighted by molar-refractivity contribution is -0.134. The van der Waals surface area contributed by atoms with Crippen LogP contribution in [0.2, 0.25) is 0 Å². The van der Waals surface area contributed by atoms with Gasteiger partial charge >= 0.3 is 5.97 Å². The molecule has 0 spiro atoms. The van der Waals surface area contributed by atoms with Crippen LogP contribution in [-0.2, 0) is 16.0 Å². The molecule has 0 heterocycles. The van der Waals surface area contributed by atoms with Gasteiger partial charge in [0, 0.05) is 12.8 Å². The quantitative estimate of drug-likeness (QED) is 0.575. The molecule has 1 aromatic carbocycles. The summed E-state index contributed by atoms with van der Waals surface area (Å²) in [4.78, 5) is 22.1. The zero-order valence-corrected chi connectivity index (χ0v) is 11.0. The van der Waals surface area contributed by atoms with Crippen molar-refractivity contribution in [1.29, 1.82) is 0 Å². The fourth-order valence-corrected chi connectivity index (χ4v) is 1.47. The van der Waals surface area contributed by atoms with Crippen molar-refractivity contribution in [3.8, 4) is 11.5 Å². The molecule has 0 aliphatic rings. The standard InChI is InChI=1S/C14H18O4/c1-4-14(16)18-12-8-7-11(6-5-10(2)15)9-13(12)17-3/h7-9H,4-6H2,1-3H3. The van der Waals surface area contributed by atoms with Crippen LogP contribution < -0.4 is 9.47 Å². The topological polar surface area (TPSA) is 52.6 Å². The Labute approximate surface area is 107 Å². The van der Waals surface area contributed by atoms with E-state index in [1.807, 2.05) is 6.07 Å². The van der Waals surface area contributed by atoms with Gasteiger partial charge in [0.15, 0.2) is 11.5 Å². The summed E-state index contributed by atoms with van der Waals surface area (Å²) in [6.07, 6.45) is 1.47. The maximum Gasteiger partial charge on any atom is 0.311 e. The number of benzene rings is 1. The fourth-order valence-electron chi connectivity index (χ4n) is 1.47. The summed E-state index contributed by atoms with van der Waals surface area (Å²) in [5.74, 6) is 0.772. The second-order valence-corrected chi connectivity index (χ2v) is 4.01. The molecular weight excluding hydrogens is 232 g/mol. The first-order valence-corrected chi connectivity index (χ1v) is 5.93. The van der Waals surface area contributed by atoms with Gasteiger partial charge in [0.25, 0.3) is 0 Å². The Balaban J connectivity index is 2.82. The van der Waals surface area contributed by atoms with Gasteiger partial charge in [0.1, 0.15) is 5.78 Å². The summed E-state index contributed by atoms with van der Waals surface area (Å²) < 4.78 is 10.3. The summed E-state index contributed by atoms with van der Waals surface area (Å²) in [5.41, 5.74) is 0.985. The predicted molar refractivity (Wildman–Crippen MR) is 67.9 cm³/mol. The van der Waals surface area contributed by atoms with Crippen molar-refractivity contribution < 1.29 is 19.1 Å². The monoisotopic (exact) mass is 250 g/mol. The maximum absolute atomic E-state index is 11.2. The number of ketones is 1. The third-order valence-corrected chi connectivity index (χ3v) is 2.51. The lowest BCUT2D eigenvalue weighted by atomic mass is 10.1. The van der Waals surface area contributed by atoms with Crippen LogP contribution >= 0.6 is 0 Å². The van der Waals surface area contributed by atoms with Crippen molar-refractivity contribution in [1.82, 2.24) is 0 Å². The molecule has 0 aliphatic carbocycles. The largest absolute Gasteiger partial charge is 0.493 e. The zero-order chi connectivity index (χ0) is 13.5. The van der Waals surface area contributed by atoms with Gasteiger partial charge in [-0.15, -0.1) is 0 Å². The summed E-state index contributed by atoms with van der Waals surface area (Å²) in [6.45, 7) is 3.30. The van der Waals surface area contributed by atoms with Crippen LogP contribution in [0.3, 0.4) is 0 Å². The summed E-state index contributed by atoms with van der Waals surface area (Å²) in [5, 5.41) is 0. The molecule has 18 heavy (non-hydrogen) atoms. The highest BCUT2D eigenvalue weighted by atomic mass is 16.6. The van der Waals surface area contributed by atoms with Crippen LogP contribution in [0, 0.1) is 0 Å². The van der Waals surface area contributed by atoms with E-state index in [2.05, 4.69) is 0 Å². The molecule has 0 atom stereocenters. The maximum atomic E-state index is 11.2. The van der Waals surface area contributed by atoms with E-state index in [0.717, 1.165) is 5.56 Å². The van der Waals surface area contributed by atoms with E-state index in [9.17, 15) is 9.59 Å². The molecule has 0 unspecified atom stereocenters. The highest BCUT2D eigenvalue weighted by Gasteiger charge is 2.09. The van der Waals surface area contributed by atoms with Gasteiger partial charge in [0.2, 0.25) is 0 Å². The Kier molecular flexibility index (Phi) is 5.36. The second-order valence-electron chi connectivity index (χ2n) is 4.01. The first kappa shape index (κ1) is 14.2. The van der Waals surface area contributed by atoms with E-state index in [0.29, 0.717) is 30.8 Å². The molecule has 0 fully saturated rings. The lowest BCUT2D eigenvalue weighted by Gasteiger charge is -2.10. The highest BCUT2D eigenvalue weighted by molar-refractivity contribution is 5.76. The zero-order valence-electron chi connectivity index (χ0n) is 11.0. The van der Waals surface area contributed by atoms with E-state index in [1.165, 1.54) is 7.11 Å².